The van der Waals surface area contributed by atoms with Gasteiger partial charge >= 0.3 is 0 Å². The van der Waals surface area contributed by atoms with Gasteiger partial charge in [-0.15, -0.1) is 0 Å². The van der Waals surface area contributed by atoms with E-state index in [0.29, 0.717) is 12.0 Å². The highest BCUT2D eigenvalue weighted by Crippen LogP contribution is 2.16. The smallest absolute Gasteiger partial charge is 0.00450 e. The van der Waals surface area contributed by atoms with Crippen molar-refractivity contribution in [1.82, 2.24) is 5.32 Å². The minimum atomic E-state index is 0.681. The molecule has 1 aromatic rings. The zero-order valence-corrected chi connectivity index (χ0v) is 8.61. The molecule has 74 valence electrons. The van der Waals surface area contributed by atoms with Crippen LogP contribution in [-0.4, -0.2) is 12.6 Å². The highest BCUT2D eigenvalue weighted by atomic mass is 14.9. The largest absolute Gasteiger partial charge is 0.314 e. The van der Waals surface area contributed by atoms with E-state index in [1.54, 1.807) is 0 Å². The lowest BCUT2D eigenvalue weighted by atomic mass is 10.0. The second kappa shape index (κ2) is 4.43. The minimum absolute atomic E-state index is 0.681. The molecule has 0 aromatic heterocycles. The fourth-order valence-corrected chi connectivity index (χ4v) is 1.93. The summed E-state index contributed by atoms with van der Waals surface area (Å²) in [6, 6.07) is 11.2. The topological polar surface area (TPSA) is 12.0 Å². The van der Waals surface area contributed by atoms with Crippen LogP contribution < -0.4 is 5.32 Å². The predicted molar refractivity (Wildman–Crippen MR) is 61.0 cm³/mol. The summed E-state index contributed by atoms with van der Waals surface area (Å²) < 4.78 is 0. The SMILES string of the molecule is CC1CC(/C=C/c2ccccc2)CN1. The third kappa shape index (κ3) is 2.46. The van der Waals surface area contributed by atoms with Crippen molar-refractivity contribution in [3.05, 3.63) is 42.0 Å². The van der Waals surface area contributed by atoms with E-state index in [4.69, 9.17) is 0 Å². The van der Waals surface area contributed by atoms with Gasteiger partial charge in [0.1, 0.15) is 0 Å². The maximum atomic E-state index is 3.45. The normalized spacial score (nSPS) is 27.2. The molecule has 0 radical (unpaired) electrons. The minimum Gasteiger partial charge on any atom is -0.314 e. The second-order valence-electron chi connectivity index (χ2n) is 4.07. The Hall–Kier alpha value is -1.08. The molecule has 1 nitrogen and oxygen atoms in total. The van der Waals surface area contributed by atoms with E-state index in [1.165, 1.54) is 12.0 Å². The van der Waals surface area contributed by atoms with Crippen molar-refractivity contribution in [2.75, 3.05) is 6.54 Å². The third-order valence-corrected chi connectivity index (χ3v) is 2.75. The van der Waals surface area contributed by atoms with Crippen LogP contribution in [-0.2, 0) is 0 Å². The van der Waals surface area contributed by atoms with Crippen molar-refractivity contribution >= 4 is 6.08 Å². The van der Waals surface area contributed by atoms with Gasteiger partial charge in [-0.1, -0.05) is 42.5 Å². The van der Waals surface area contributed by atoms with E-state index in [-0.39, 0.29) is 0 Å². The van der Waals surface area contributed by atoms with Gasteiger partial charge in [-0.25, -0.2) is 0 Å². The Morgan fingerprint density at radius 3 is 2.71 bits per heavy atom. The summed E-state index contributed by atoms with van der Waals surface area (Å²) in [5.74, 6) is 0.713. The lowest BCUT2D eigenvalue weighted by molar-refractivity contribution is 0.653. The van der Waals surface area contributed by atoms with Crippen molar-refractivity contribution in [1.29, 1.82) is 0 Å². The molecule has 0 spiro atoms. The number of benzene rings is 1. The lowest BCUT2D eigenvalue weighted by Crippen LogP contribution is -2.16. The van der Waals surface area contributed by atoms with Gasteiger partial charge in [0.05, 0.1) is 0 Å². The molecule has 1 aromatic carbocycles. The van der Waals surface area contributed by atoms with Crippen molar-refractivity contribution in [2.24, 2.45) is 5.92 Å². The fourth-order valence-electron chi connectivity index (χ4n) is 1.93. The first-order valence-corrected chi connectivity index (χ1v) is 5.31. The Kier molecular flexibility index (Phi) is 3.00. The monoisotopic (exact) mass is 187 g/mol. The molecule has 1 aliphatic rings. The Balaban J connectivity index is 1.94. The molecule has 1 fully saturated rings. The maximum Gasteiger partial charge on any atom is 0.00450 e. The molecular formula is C13H17N. The van der Waals surface area contributed by atoms with Crippen LogP contribution in [0.25, 0.3) is 6.08 Å². The average Bonchev–Trinajstić information content (AvgIpc) is 2.63. The van der Waals surface area contributed by atoms with E-state index < -0.39 is 0 Å². The van der Waals surface area contributed by atoms with Crippen LogP contribution >= 0.6 is 0 Å². The molecule has 1 heterocycles. The van der Waals surface area contributed by atoms with Gasteiger partial charge in [0.15, 0.2) is 0 Å². The van der Waals surface area contributed by atoms with Crippen molar-refractivity contribution in [3.63, 3.8) is 0 Å². The Morgan fingerprint density at radius 2 is 2.07 bits per heavy atom. The van der Waals surface area contributed by atoms with Gasteiger partial charge in [-0.2, -0.15) is 0 Å². The summed E-state index contributed by atoms with van der Waals surface area (Å²) in [7, 11) is 0. The summed E-state index contributed by atoms with van der Waals surface area (Å²) in [6.07, 6.45) is 5.82. The molecule has 0 aliphatic carbocycles. The highest BCUT2D eigenvalue weighted by Gasteiger charge is 2.17. The van der Waals surface area contributed by atoms with E-state index in [2.05, 4.69) is 54.7 Å². The van der Waals surface area contributed by atoms with Crippen molar-refractivity contribution in [2.45, 2.75) is 19.4 Å². The molecule has 14 heavy (non-hydrogen) atoms. The highest BCUT2D eigenvalue weighted by molar-refractivity contribution is 5.49. The molecule has 2 unspecified atom stereocenters. The molecule has 1 heteroatoms. The number of nitrogens with one attached hydrogen (secondary N) is 1. The first kappa shape index (κ1) is 9.47. The summed E-state index contributed by atoms with van der Waals surface area (Å²) in [6.45, 7) is 3.38. The summed E-state index contributed by atoms with van der Waals surface area (Å²) in [5, 5.41) is 3.45. The lowest BCUT2D eigenvalue weighted by Gasteiger charge is -2.00. The number of rotatable bonds is 2. The first-order chi connectivity index (χ1) is 6.84. The van der Waals surface area contributed by atoms with Gasteiger partial charge in [0, 0.05) is 12.6 Å². The van der Waals surface area contributed by atoms with Crippen LogP contribution in [0.2, 0.25) is 0 Å². The summed E-state index contributed by atoms with van der Waals surface area (Å²) in [5.41, 5.74) is 1.30. The maximum absolute atomic E-state index is 3.45. The van der Waals surface area contributed by atoms with Crippen LogP contribution in [0.15, 0.2) is 36.4 Å². The van der Waals surface area contributed by atoms with Crippen LogP contribution in [0, 0.1) is 5.92 Å². The van der Waals surface area contributed by atoms with Crippen molar-refractivity contribution in [3.8, 4) is 0 Å². The Labute approximate surface area is 85.8 Å². The van der Waals surface area contributed by atoms with Gasteiger partial charge < -0.3 is 5.32 Å². The molecule has 2 rings (SSSR count). The summed E-state index contributed by atoms with van der Waals surface area (Å²) >= 11 is 0. The molecule has 1 saturated heterocycles. The van der Waals surface area contributed by atoms with Crippen molar-refractivity contribution < 1.29 is 0 Å². The fraction of sp³-hybridized carbons (Fsp3) is 0.385. The van der Waals surface area contributed by atoms with Crippen LogP contribution in [0.3, 0.4) is 0 Å². The summed E-state index contributed by atoms with van der Waals surface area (Å²) in [4.78, 5) is 0. The molecule has 0 saturated carbocycles. The van der Waals surface area contributed by atoms with Gasteiger partial charge in [-0.3, -0.25) is 0 Å². The van der Waals surface area contributed by atoms with Crippen LogP contribution in [0.4, 0.5) is 0 Å². The predicted octanol–water partition coefficient (Wildman–Crippen LogP) is 2.70. The molecule has 0 amide bonds. The Morgan fingerprint density at radius 1 is 1.29 bits per heavy atom. The molecule has 2 atom stereocenters. The van der Waals surface area contributed by atoms with E-state index in [1.807, 2.05) is 0 Å². The average molecular weight is 187 g/mol. The standard InChI is InChI=1S/C13H17N/c1-11-9-13(10-14-11)8-7-12-5-3-2-4-6-12/h2-8,11,13-14H,9-10H2,1H3/b8-7+. The van der Waals surface area contributed by atoms with E-state index in [0.717, 1.165) is 6.54 Å². The molecule has 1 N–H and O–H groups in total. The molecule has 0 bridgehead atoms. The van der Waals surface area contributed by atoms with E-state index in [9.17, 15) is 0 Å². The van der Waals surface area contributed by atoms with Gasteiger partial charge in [0.2, 0.25) is 0 Å². The Bertz CT molecular complexity index is 302. The molecular weight excluding hydrogens is 170 g/mol. The van der Waals surface area contributed by atoms with Gasteiger partial charge in [-0.05, 0) is 24.8 Å². The first-order valence-electron chi connectivity index (χ1n) is 5.31. The quantitative estimate of drug-likeness (QED) is 0.750. The third-order valence-electron chi connectivity index (χ3n) is 2.75. The number of hydrogen-bond donors (Lipinski definition) is 1. The van der Waals surface area contributed by atoms with Crippen LogP contribution in [0.5, 0.6) is 0 Å². The molecule has 1 aliphatic heterocycles. The second-order valence-corrected chi connectivity index (χ2v) is 4.07. The van der Waals surface area contributed by atoms with E-state index >= 15 is 0 Å². The zero-order chi connectivity index (χ0) is 9.80. The van der Waals surface area contributed by atoms with Gasteiger partial charge in [0.25, 0.3) is 0 Å². The number of hydrogen-bond acceptors (Lipinski definition) is 1. The zero-order valence-electron chi connectivity index (χ0n) is 8.61. The van der Waals surface area contributed by atoms with Crippen LogP contribution in [0.1, 0.15) is 18.9 Å².